The van der Waals surface area contributed by atoms with E-state index in [0.717, 1.165) is 4.57 Å². The zero-order valence-corrected chi connectivity index (χ0v) is 15.2. The third-order valence-electron chi connectivity index (χ3n) is 4.41. The maximum atomic E-state index is 13.2. The summed E-state index contributed by atoms with van der Waals surface area (Å²) >= 11 is 0. The Labute approximate surface area is 162 Å². The monoisotopic (exact) mass is 397 g/mol. The standard InChI is InChI=1S/C18H15N5O6/c1-20-9-14(6-19-20)15-16(23(26)27)17(24)22(8-13-3-5-29-11-13)18(25)21(15)7-12-2-4-28-10-12/h2-6,9-11H,7-8H2,1H3. The van der Waals surface area contributed by atoms with Crippen LogP contribution in [-0.2, 0) is 20.1 Å². The third kappa shape index (κ3) is 3.29. The van der Waals surface area contributed by atoms with Crippen molar-refractivity contribution in [3.63, 3.8) is 0 Å². The molecule has 0 unspecified atom stereocenters. The van der Waals surface area contributed by atoms with Crippen molar-refractivity contribution in [1.29, 1.82) is 0 Å². The van der Waals surface area contributed by atoms with Gasteiger partial charge in [-0.3, -0.25) is 24.2 Å². The Morgan fingerprint density at radius 3 is 2.17 bits per heavy atom. The fourth-order valence-corrected chi connectivity index (χ4v) is 3.10. The van der Waals surface area contributed by atoms with Gasteiger partial charge in [0.1, 0.15) is 5.69 Å². The van der Waals surface area contributed by atoms with Gasteiger partial charge in [0.2, 0.25) is 0 Å². The van der Waals surface area contributed by atoms with Gasteiger partial charge in [-0.2, -0.15) is 5.10 Å². The van der Waals surface area contributed by atoms with Crippen LogP contribution in [0.1, 0.15) is 11.1 Å². The molecular formula is C18H15N5O6. The maximum Gasteiger partial charge on any atom is 0.358 e. The molecule has 0 amide bonds. The van der Waals surface area contributed by atoms with E-state index in [1.807, 2.05) is 0 Å². The van der Waals surface area contributed by atoms with Crippen molar-refractivity contribution in [1.82, 2.24) is 18.9 Å². The van der Waals surface area contributed by atoms with Crippen LogP contribution in [-0.4, -0.2) is 23.8 Å². The molecule has 0 N–H and O–H groups in total. The highest BCUT2D eigenvalue weighted by atomic mass is 16.6. The molecule has 11 nitrogen and oxygen atoms in total. The Kier molecular flexibility index (Phi) is 4.47. The summed E-state index contributed by atoms with van der Waals surface area (Å²) in [5.41, 5.74) is -1.08. The highest BCUT2D eigenvalue weighted by molar-refractivity contribution is 5.68. The molecule has 0 spiro atoms. The third-order valence-corrected chi connectivity index (χ3v) is 4.41. The van der Waals surface area contributed by atoms with E-state index in [1.165, 1.54) is 46.7 Å². The number of rotatable bonds is 6. The van der Waals surface area contributed by atoms with Crippen LogP contribution >= 0.6 is 0 Å². The number of nitrogens with zero attached hydrogens (tertiary/aromatic N) is 5. The van der Waals surface area contributed by atoms with E-state index >= 15 is 0 Å². The quantitative estimate of drug-likeness (QED) is 0.357. The molecule has 11 heteroatoms. The summed E-state index contributed by atoms with van der Waals surface area (Å²) in [6.45, 7) is -0.181. The number of aromatic nitrogens is 4. The highest BCUT2D eigenvalue weighted by Gasteiger charge is 2.30. The minimum atomic E-state index is -0.997. The number of nitro groups is 1. The lowest BCUT2D eigenvalue weighted by Gasteiger charge is -2.14. The van der Waals surface area contributed by atoms with E-state index in [-0.39, 0.29) is 24.3 Å². The summed E-state index contributed by atoms with van der Waals surface area (Å²) in [7, 11) is 1.63. The van der Waals surface area contributed by atoms with Crippen LogP contribution in [0.3, 0.4) is 0 Å². The van der Waals surface area contributed by atoms with Gasteiger partial charge in [-0.1, -0.05) is 0 Å². The molecule has 0 aliphatic rings. The molecule has 0 saturated carbocycles. The first kappa shape index (κ1) is 18.2. The lowest BCUT2D eigenvalue weighted by Crippen LogP contribution is -2.42. The normalized spacial score (nSPS) is 11.1. The van der Waals surface area contributed by atoms with Gasteiger partial charge in [-0.05, 0) is 12.1 Å². The van der Waals surface area contributed by atoms with E-state index in [0.29, 0.717) is 11.1 Å². The second-order valence-electron chi connectivity index (χ2n) is 6.38. The van der Waals surface area contributed by atoms with E-state index in [9.17, 15) is 19.7 Å². The van der Waals surface area contributed by atoms with Crippen molar-refractivity contribution in [2.45, 2.75) is 13.1 Å². The Balaban J connectivity index is 2.03. The van der Waals surface area contributed by atoms with Gasteiger partial charge in [-0.15, -0.1) is 0 Å². The van der Waals surface area contributed by atoms with E-state index in [1.54, 1.807) is 19.2 Å². The van der Waals surface area contributed by atoms with Crippen molar-refractivity contribution in [3.05, 3.63) is 91.7 Å². The molecule has 0 aromatic carbocycles. The maximum absolute atomic E-state index is 13.2. The zero-order valence-electron chi connectivity index (χ0n) is 15.2. The lowest BCUT2D eigenvalue weighted by atomic mass is 10.2. The first-order valence-corrected chi connectivity index (χ1v) is 8.49. The molecule has 0 bridgehead atoms. The Bertz CT molecular complexity index is 1280. The fraction of sp³-hybridized carbons (Fsp3) is 0.167. The molecule has 0 radical (unpaired) electrons. The molecule has 4 aromatic rings. The Hall–Kier alpha value is -4.15. The lowest BCUT2D eigenvalue weighted by molar-refractivity contribution is -0.386. The van der Waals surface area contributed by atoms with Crippen LogP contribution in [0.5, 0.6) is 0 Å². The molecule has 0 atom stereocenters. The van der Waals surface area contributed by atoms with Gasteiger partial charge < -0.3 is 8.83 Å². The minimum absolute atomic E-state index is 0.0218. The van der Waals surface area contributed by atoms with Gasteiger partial charge in [0.15, 0.2) is 0 Å². The SMILES string of the molecule is Cn1cc(-c2c([N+](=O)[O-])c(=O)n(Cc3ccoc3)c(=O)n2Cc2ccoc2)cn1. The second kappa shape index (κ2) is 7.11. The van der Waals surface area contributed by atoms with Crippen molar-refractivity contribution in [2.24, 2.45) is 7.05 Å². The first-order chi connectivity index (χ1) is 14.0. The van der Waals surface area contributed by atoms with Gasteiger partial charge in [-0.25, -0.2) is 9.36 Å². The summed E-state index contributed by atoms with van der Waals surface area (Å²) in [4.78, 5) is 37.3. The van der Waals surface area contributed by atoms with Crippen molar-refractivity contribution in [2.75, 3.05) is 0 Å². The molecule has 0 fully saturated rings. The summed E-state index contributed by atoms with van der Waals surface area (Å²) in [5.74, 6) is 0. The Morgan fingerprint density at radius 2 is 1.69 bits per heavy atom. The summed E-state index contributed by atoms with van der Waals surface area (Å²) in [5, 5.41) is 15.9. The first-order valence-electron chi connectivity index (χ1n) is 8.49. The molecule has 0 aliphatic carbocycles. The van der Waals surface area contributed by atoms with Crippen LogP contribution in [0, 0.1) is 10.1 Å². The van der Waals surface area contributed by atoms with Crippen LogP contribution < -0.4 is 11.2 Å². The largest absolute Gasteiger partial charge is 0.472 e. The van der Waals surface area contributed by atoms with Crippen molar-refractivity contribution in [3.8, 4) is 11.3 Å². The number of hydrogen-bond acceptors (Lipinski definition) is 7. The Morgan fingerprint density at radius 1 is 1.07 bits per heavy atom. The minimum Gasteiger partial charge on any atom is -0.472 e. The highest BCUT2D eigenvalue weighted by Crippen LogP contribution is 2.26. The van der Waals surface area contributed by atoms with Gasteiger partial charge in [0.25, 0.3) is 0 Å². The van der Waals surface area contributed by atoms with Gasteiger partial charge >= 0.3 is 16.9 Å². The molecule has 0 aliphatic heterocycles. The number of aryl methyl sites for hydroxylation is 1. The van der Waals surface area contributed by atoms with Gasteiger partial charge in [0, 0.05) is 29.9 Å². The van der Waals surface area contributed by atoms with E-state index in [4.69, 9.17) is 8.83 Å². The summed E-state index contributed by atoms with van der Waals surface area (Å²) in [6.07, 6.45) is 8.49. The molecule has 4 aromatic heterocycles. The smallest absolute Gasteiger partial charge is 0.358 e. The van der Waals surface area contributed by atoms with Crippen molar-refractivity contribution < 1.29 is 13.8 Å². The average Bonchev–Trinajstić information content (AvgIpc) is 3.43. The molecular weight excluding hydrogens is 382 g/mol. The topological polar surface area (TPSA) is 131 Å². The molecule has 148 valence electrons. The second-order valence-corrected chi connectivity index (χ2v) is 6.38. The van der Waals surface area contributed by atoms with Gasteiger partial charge in [0.05, 0.1) is 49.3 Å². The predicted octanol–water partition coefficient (Wildman–Crippen LogP) is 1.60. The van der Waals surface area contributed by atoms with E-state index in [2.05, 4.69) is 5.10 Å². The molecule has 0 saturated heterocycles. The van der Waals surface area contributed by atoms with Crippen molar-refractivity contribution >= 4 is 5.69 Å². The zero-order chi connectivity index (χ0) is 20.5. The molecule has 29 heavy (non-hydrogen) atoms. The summed E-state index contributed by atoms with van der Waals surface area (Å²) < 4.78 is 13.5. The fourth-order valence-electron chi connectivity index (χ4n) is 3.10. The number of furan rings is 2. The average molecular weight is 397 g/mol. The predicted molar refractivity (Wildman–Crippen MR) is 99.4 cm³/mol. The summed E-state index contributed by atoms with van der Waals surface area (Å²) in [6, 6.07) is 3.21. The van der Waals surface area contributed by atoms with Crippen LogP contribution in [0.4, 0.5) is 5.69 Å². The molecule has 4 rings (SSSR count). The number of hydrogen-bond donors (Lipinski definition) is 0. The molecule has 4 heterocycles. The van der Waals surface area contributed by atoms with Crippen LogP contribution in [0.2, 0.25) is 0 Å². The van der Waals surface area contributed by atoms with E-state index < -0.39 is 21.9 Å². The van der Waals surface area contributed by atoms with Crippen LogP contribution in [0.25, 0.3) is 11.3 Å². The van der Waals surface area contributed by atoms with Crippen LogP contribution in [0.15, 0.2) is 68.0 Å².